The van der Waals surface area contributed by atoms with Crippen LogP contribution < -0.4 is 4.74 Å². The lowest BCUT2D eigenvalue weighted by molar-refractivity contribution is -0.137. The molecule has 0 amide bonds. The number of hydrogen-bond acceptors (Lipinski definition) is 2. The average molecular weight is 302 g/mol. The highest BCUT2D eigenvalue weighted by Crippen LogP contribution is 2.47. The fourth-order valence-electron chi connectivity index (χ4n) is 3.31. The summed E-state index contributed by atoms with van der Waals surface area (Å²) in [5.74, 6) is 1.53. The van der Waals surface area contributed by atoms with Gasteiger partial charge >= 0.3 is 5.97 Å². The normalized spacial score (nSPS) is 19.5. The minimum atomic E-state index is -0.708. The summed E-state index contributed by atoms with van der Waals surface area (Å²) in [6.07, 6.45) is 6.35. The maximum atomic E-state index is 11.3. The monoisotopic (exact) mass is 302 g/mol. The summed E-state index contributed by atoms with van der Waals surface area (Å²) in [6, 6.07) is 4.28. The van der Waals surface area contributed by atoms with E-state index in [-0.39, 0.29) is 12.3 Å². The van der Waals surface area contributed by atoms with Crippen LogP contribution in [0, 0.1) is 25.7 Å². The molecule has 3 heteroatoms. The maximum Gasteiger partial charge on any atom is 0.303 e. The van der Waals surface area contributed by atoms with Gasteiger partial charge in [-0.15, -0.1) is 0 Å². The van der Waals surface area contributed by atoms with Crippen LogP contribution in [0.15, 0.2) is 12.1 Å². The Balaban J connectivity index is 1.85. The van der Waals surface area contributed by atoms with Crippen molar-refractivity contribution in [3.05, 3.63) is 28.8 Å². The predicted molar refractivity (Wildman–Crippen MR) is 86.5 cm³/mol. The van der Waals surface area contributed by atoms with Gasteiger partial charge in [0, 0.05) is 5.92 Å². The predicted octanol–water partition coefficient (Wildman–Crippen LogP) is 4.45. The summed E-state index contributed by atoms with van der Waals surface area (Å²) in [5.41, 5.74) is 3.56. The SMILES string of the molecule is Cc1cc(OCC2CCC2)c(C(CC(=O)O)C2CC2)cc1C. The summed E-state index contributed by atoms with van der Waals surface area (Å²) < 4.78 is 6.12. The minimum Gasteiger partial charge on any atom is -0.493 e. The summed E-state index contributed by atoms with van der Waals surface area (Å²) in [5, 5.41) is 9.26. The number of aryl methyl sites for hydroxylation is 2. The molecule has 2 aliphatic rings. The van der Waals surface area contributed by atoms with Gasteiger partial charge in [0.1, 0.15) is 5.75 Å². The zero-order valence-corrected chi connectivity index (χ0v) is 13.6. The molecule has 1 N–H and O–H groups in total. The Morgan fingerprint density at radius 3 is 2.45 bits per heavy atom. The zero-order valence-electron chi connectivity index (χ0n) is 13.6. The Morgan fingerprint density at radius 2 is 1.91 bits per heavy atom. The molecular formula is C19H26O3. The lowest BCUT2D eigenvalue weighted by Gasteiger charge is -2.27. The number of carboxylic acids is 1. The van der Waals surface area contributed by atoms with Crippen molar-refractivity contribution in [2.24, 2.45) is 11.8 Å². The van der Waals surface area contributed by atoms with Crippen molar-refractivity contribution in [2.75, 3.05) is 6.61 Å². The number of carbonyl (C=O) groups is 1. The van der Waals surface area contributed by atoms with Crippen LogP contribution in [0.2, 0.25) is 0 Å². The first kappa shape index (κ1) is 15.4. The van der Waals surface area contributed by atoms with Gasteiger partial charge < -0.3 is 9.84 Å². The van der Waals surface area contributed by atoms with Crippen LogP contribution in [0.25, 0.3) is 0 Å². The van der Waals surface area contributed by atoms with E-state index >= 15 is 0 Å². The van der Waals surface area contributed by atoms with E-state index in [1.165, 1.54) is 30.4 Å². The zero-order chi connectivity index (χ0) is 15.7. The molecular weight excluding hydrogens is 276 g/mol. The first-order valence-corrected chi connectivity index (χ1v) is 8.50. The number of carboxylic acid groups (broad SMARTS) is 1. The first-order chi connectivity index (χ1) is 10.5. The van der Waals surface area contributed by atoms with Crippen molar-refractivity contribution in [1.29, 1.82) is 0 Å². The third kappa shape index (κ3) is 3.45. The van der Waals surface area contributed by atoms with E-state index in [0.717, 1.165) is 30.8 Å². The van der Waals surface area contributed by atoms with Crippen LogP contribution in [0.3, 0.4) is 0 Å². The van der Waals surface area contributed by atoms with Gasteiger partial charge in [0.2, 0.25) is 0 Å². The molecule has 3 nitrogen and oxygen atoms in total. The van der Waals surface area contributed by atoms with Gasteiger partial charge in [0.05, 0.1) is 13.0 Å². The standard InChI is InChI=1S/C19H26O3/c1-12-8-17(16(10-19(20)21)15-6-7-15)18(9-13(12)2)22-11-14-4-3-5-14/h8-9,14-16H,3-7,10-11H2,1-2H3,(H,20,21). The van der Waals surface area contributed by atoms with Crippen molar-refractivity contribution in [1.82, 2.24) is 0 Å². The Kier molecular flexibility index (Phi) is 4.42. The van der Waals surface area contributed by atoms with Crippen molar-refractivity contribution in [2.45, 2.75) is 58.3 Å². The van der Waals surface area contributed by atoms with E-state index in [9.17, 15) is 9.90 Å². The highest BCUT2D eigenvalue weighted by molar-refractivity contribution is 5.68. The van der Waals surface area contributed by atoms with Crippen LogP contribution in [-0.2, 0) is 4.79 Å². The fraction of sp³-hybridized carbons (Fsp3) is 0.632. The van der Waals surface area contributed by atoms with Crippen molar-refractivity contribution >= 4 is 5.97 Å². The fourth-order valence-corrected chi connectivity index (χ4v) is 3.31. The molecule has 2 aliphatic carbocycles. The molecule has 0 aromatic heterocycles. The van der Waals surface area contributed by atoms with Gasteiger partial charge in [0.15, 0.2) is 0 Å². The summed E-state index contributed by atoms with van der Waals surface area (Å²) in [6.45, 7) is 4.97. The molecule has 1 atom stereocenters. The van der Waals surface area contributed by atoms with Crippen LogP contribution in [0.1, 0.15) is 61.1 Å². The molecule has 0 bridgehead atoms. The largest absolute Gasteiger partial charge is 0.493 e. The van der Waals surface area contributed by atoms with Crippen LogP contribution >= 0.6 is 0 Å². The third-order valence-electron chi connectivity index (χ3n) is 5.31. The topological polar surface area (TPSA) is 46.5 Å². The Labute approximate surface area is 132 Å². The van der Waals surface area contributed by atoms with E-state index in [2.05, 4.69) is 26.0 Å². The van der Waals surface area contributed by atoms with Gasteiger partial charge in [0.25, 0.3) is 0 Å². The number of hydrogen-bond donors (Lipinski definition) is 1. The van der Waals surface area contributed by atoms with Crippen molar-refractivity contribution in [3.8, 4) is 5.75 Å². The van der Waals surface area contributed by atoms with Crippen molar-refractivity contribution < 1.29 is 14.6 Å². The number of rotatable bonds is 7. The molecule has 1 aromatic rings. The van der Waals surface area contributed by atoms with Crippen molar-refractivity contribution in [3.63, 3.8) is 0 Å². The molecule has 0 radical (unpaired) electrons. The molecule has 3 rings (SSSR count). The molecule has 0 aliphatic heterocycles. The van der Waals surface area contributed by atoms with E-state index in [1.54, 1.807) is 0 Å². The number of aliphatic carboxylic acids is 1. The molecule has 22 heavy (non-hydrogen) atoms. The van der Waals surface area contributed by atoms with Gasteiger partial charge in [-0.2, -0.15) is 0 Å². The Bertz CT molecular complexity index is 556. The summed E-state index contributed by atoms with van der Waals surface area (Å²) in [7, 11) is 0. The lowest BCUT2D eigenvalue weighted by Crippen LogP contribution is -2.20. The van der Waals surface area contributed by atoms with Crippen LogP contribution in [-0.4, -0.2) is 17.7 Å². The van der Waals surface area contributed by atoms with Gasteiger partial charge in [-0.05, 0) is 74.1 Å². The second kappa shape index (κ2) is 6.31. The molecule has 2 fully saturated rings. The Hall–Kier alpha value is -1.51. The lowest BCUT2D eigenvalue weighted by atomic mass is 9.86. The maximum absolute atomic E-state index is 11.3. The molecule has 0 spiro atoms. The molecule has 1 unspecified atom stereocenters. The quantitative estimate of drug-likeness (QED) is 0.809. The highest BCUT2D eigenvalue weighted by atomic mass is 16.5. The van der Waals surface area contributed by atoms with Gasteiger partial charge in [-0.1, -0.05) is 12.5 Å². The second-order valence-corrected chi connectivity index (χ2v) is 7.12. The van der Waals surface area contributed by atoms with E-state index in [1.807, 2.05) is 0 Å². The Morgan fingerprint density at radius 1 is 1.23 bits per heavy atom. The molecule has 120 valence electrons. The van der Waals surface area contributed by atoms with Gasteiger partial charge in [-0.25, -0.2) is 0 Å². The number of ether oxygens (including phenoxy) is 1. The van der Waals surface area contributed by atoms with Crippen LogP contribution in [0.4, 0.5) is 0 Å². The minimum absolute atomic E-state index is 0.105. The average Bonchev–Trinajstić information content (AvgIpc) is 3.22. The van der Waals surface area contributed by atoms with E-state index in [0.29, 0.717) is 11.8 Å². The van der Waals surface area contributed by atoms with E-state index < -0.39 is 5.97 Å². The van der Waals surface area contributed by atoms with E-state index in [4.69, 9.17) is 4.74 Å². The highest BCUT2D eigenvalue weighted by Gasteiger charge is 2.35. The second-order valence-electron chi connectivity index (χ2n) is 7.12. The molecule has 2 saturated carbocycles. The summed E-state index contributed by atoms with van der Waals surface area (Å²) >= 11 is 0. The smallest absolute Gasteiger partial charge is 0.303 e. The van der Waals surface area contributed by atoms with Gasteiger partial charge in [-0.3, -0.25) is 4.79 Å². The van der Waals surface area contributed by atoms with Crippen LogP contribution in [0.5, 0.6) is 5.75 Å². The molecule has 0 heterocycles. The first-order valence-electron chi connectivity index (χ1n) is 8.50. The third-order valence-corrected chi connectivity index (χ3v) is 5.31. The summed E-state index contributed by atoms with van der Waals surface area (Å²) in [4.78, 5) is 11.3. The molecule has 1 aromatic carbocycles. The number of benzene rings is 1. The molecule has 0 saturated heterocycles.